The van der Waals surface area contributed by atoms with Crippen molar-refractivity contribution in [1.82, 2.24) is 10.4 Å². The molecule has 102 valence electrons. The molecule has 0 radical (unpaired) electrons. The molecule has 5 heteroatoms. The first-order valence-electron chi connectivity index (χ1n) is 6.11. The van der Waals surface area contributed by atoms with Crippen molar-refractivity contribution in [2.45, 2.75) is 26.8 Å². The van der Waals surface area contributed by atoms with Gasteiger partial charge in [-0.1, -0.05) is 6.07 Å². The van der Waals surface area contributed by atoms with Crippen molar-refractivity contribution in [3.8, 4) is 5.75 Å². The summed E-state index contributed by atoms with van der Waals surface area (Å²) in [5.41, 5.74) is 6.22. The number of benzene rings is 1. The van der Waals surface area contributed by atoms with Gasteiger partial charge in [0.2, 0.25) is 0 Å². The minimum atomic E-state index is -0.0305. The third kappa shape index (κ3) is 2.78. The fourth-order valence-corrected chi connectivity index (χ4v) is 3.23. The molecule has 0 aliphatic heterocycles. The van der Waals surface area contributed by atoms with Crippen LogP contribution in [0.15, 0.2) is 18.2 Å². The van der Waals surface area contributed by atoms with E-state index in [2.05, 4.69) is 17.3 Å². The molecule has 0 saturated carbocycles. The van der Waals surface area contributed by atoms with Crippen molar-refractivity contribution in [2.75, 3.05) is 7.11 Å². The number of hydrazine groups is 1. The van der Waals surface area contributed by atoms with Crippen LogP contribution in [-0.4, -0.2) is 12.1 Å². The van der Waals surface area contributed by atoms with Gasteiger partial charge in [-0.25, -0.2) is 10.4 Å². The number of nitrogens with two attached hydrogens (primary N) is 1. The second kappa shape index (κ2) is 5.69. The summed E-state index contributed by atoms with van der Waals surface area (Å²) in [6, 6.07) is 5.99. The molecule has 0 saturated heterocycles. The Morgan fingerprint density at radius 1 is 1.32 bits per heavy atom. The van der Waals surface area contributed by atoms with Crippen LogP contribution in [0.1, 0.15) is 32.7 Å². The first-order valence-corrected chi connectivity index (χ1v) is 6.93. The average molecular weight is 277 g/mol. The number of aromatic nitrogens is 1. The second-order valence-corrected chi connectivity index (χ2v) is 5.74. The van der Waals surface area contributed by atoms with Crippen LogP contribution in [0, 0.1) is 20.8 Å². The quantitative estimate of drug-likeness (QED) is 0.666. The van der Waals surface area contributed by atoms with Crippen LogP contribution in [0.3, 0.4) is 0 Å². The van der Waals surface area contributed by atoms with Crippen LogP contribution in [0.4, 0.5) is 0 Å². The van der Waals surface area contributed by atoms with Crippen LogP contribution < -0.4 is 16.0 Å². The van der Waals surface area contributed by atoms with E-state index in [0.29, 0.717) is 0 Å². The zero-order valence-corrected chi connectivity index (χ0v) is 12.5. The Balaban J connectivity index is 2.45. The number of nitrogens with one attached hydrogen (secondary N) is 1. The van der Waals surface area contributed by atoms with E-state index >= 15 is 0 Å². The summed E-state index contributed by atoms with van der Waals surface area (Å²) in [6.07, 6.45) is 0. The van der Waals surface area contributed by atoms with E-state index < -0.39 is 0 Å². The molecule has 1 aromatic carbocycles. The van der Waals surface area contributed by atoms with Crippen molar-refractivity contribution in [2.24, 2.45) is 5.84 Å². The molecule has 3 N–H and O–H groups in total. The van der Waals surface area contributed by atoms with Gasteiger partial charge in [0, 0.05) is 0 Å². The largest absolute Gasteiger partial charge is 0.497 e. The maximum atomic E-state index is 5.75. The Bertz CT molecular complexity index is 580. The molecule has 19 heavy (non-hydrogen) atoms. The Morgan fingerprint density at radius 2 is 2.05 bits per heavy atom. The number of nitrogens with zero attached hydrogens (tertiary/aromatic N) is 1. The highest BCUT2D eigenvalue weighted by Gasteiger charge is 2.20. The first kappa shape index (κ1) is 14.0. The molecule has 1 heterocycles. The maximum Gasteiger partial charge on any atom is 0.119 e. The fourth-order valence-electron chi connectivity index (χ4n) is 2.22. The standard InChI is InChI=1S/C14H19N3OS/c1-8-7-11(18-4)5-6-12(8)13(17-15)14-9(2)16-10(3)19-14/h5-7,13,17H,15H2,1-4H3. The third-order valence-electron chi connectivity index (χ3n) is 3.16. The van der Waals surface area contributed by atoms with Crippen molar-refractivity contribution < 1.29 is 4.74 Å². The lowest BCUT2D eigenvalue weighted by atomic mass is 9.99. The minimum Gasteiger partial charge on any atom is -0.497 e. The zero-order valence-electron chi connectivity index (χ0n) is 11.7. The number of hydrogen-bond donors (Lipinski definition) is 2. The highest BCUT2D eigenvalue weighted by atomic mass is 32.1. The number of thiazole rings is 1. The van der Waals surface area contributed by atoms with E-state index in [1.165, 1.54) is 0 Å². The number of rotatable bonds is 4. The molecule has 2 rings (SSSR count). The summed E-state index contributed by atoms with van der Waals surface area (Å²) in [5.74, 6) is 6.61. The highest BCUT2D eigenvalue weighted by Crippen LogP contribution is 2.32. The van der Waals surface area contributed by atoms with Crippen LogP contribution >= 0.6 is 11.3 Å². The Morgan fingerprint density at radius 3 is 2.53 bits per heavy atom. The molecule has 0 fully saturated rings. The molecular formula is C14H19N3OS. The lowest BCUT2D eigenvalue weighted by molar-refractivity contribution is 0.414. The number of methoxy groups -OCH3 is 1. The van der Waals surface area contributed by atoms with E-state index in [9.17, 15) is 0 Å². The van der Waals surface area contributed by atoms with Crippen LogP contribution in [0.25, 0.3) is 0 Å². The van der Waals surface area contributed by atoms with E-state index in [1.54, 1.807) is 18.4 Å². The van der Waals surface area contributed by atoms with Gasteiger partial charge < -0.3 is 4.74 Å². The lowest BCUT2D eigenvalue weighted by Gasteiger charge is -2.18. The Labute approximate surface area is 117 Å². The predicted molar refractivity (Wildman–Crippen MR) is 78.5 cm³/mol. The van der Waals surface area contributed by atoms with Gasteiger partial charge >= 0.3 is 0 Å². The van der Waals surface area contributed by atoms with Gasteiger partial charge in [-0.05, 0) is 44.0 Å². The van der Waals surface area contributed by atoms with Gasteiger partial charge in [-0.2, -0.15) is 0 Å². The van der Waals surface area contributed by atoms with Gasteiger partial charge in [-0.15, -0.1) is 11.3 Å². The number of ether oxygens (including phenoxy) is 1. The van der Waals surface area contributed by atoms with Gasteiger partial charge in [0.05, 0.1) is 28.7 Å². The molecule has 0 spiro atoms. The molecule has 0 amide bonds. The summed E-state index contributed by atoms with van der Waals surface area (Å²) in [5, 5.41) is 1.05. The molecule has 1 unspecified atom stereocenters. The van der Waals surface area contributed by atoms with Gasteiger partial charge in [-0.3, -0.25) is 5.84 Å². The second-order valence-electron chi connectivity index (χ2n) is 4.50. The molecule has 0 aliphatic rings. The summed E-state index contributed by atoms with van der Waals surface area (Å²) in [6.45, 7) is 6.09. The minimum absolute atomic E-state index is 0.0305. The summed E-state index contributed by atoms with van der Waals surface area (Å²) in [7, 11) is 1.67. The zero-order chi connectivity index (χ0) is 14.0. The van der Waals surface area contributed by atoms with Crippen LogP contribution in [-0.2, 0) is 0 Å². The lowest BCUT2D eigenvalue weighted by Crippen LogP contribution is -2.29. The van der Waals surface area contributed by atoms with Gasteiger partial charge in [0.25, 0.3) is 0 Å². The molecule has 0 aliphatic carbocycles. The van der Waals surface area contributed by atoms with E-state index in [4.69, 9.17) is 10.6 Å². The van der Waals surface area contributed by atoms with E-state index in [-0.39, 0.29) is 6.04 Å². The van der Waals surface area contributed by atoms with Crippen LogP contribution in [0.5, 0.6) is 5.75 Å². The number of hydrogen-bond acceptors (Lipinski definition) is 5. The van der Waals surface area contributed by atoms with Crippen molar-refractivity contribution in [1.29, 1.82) is 0 Å². The molecular weight excluding hydrogens is 258 g/mol. The normalized spacial score (nSPS) is 12.5. The highest BCUT2D eigenvalue weighted by molar-refractivity contribution is 7.11. The Kier molecular flexibility index (Phi) is 4.19. The number of aryl methyl sites for hydroxylation is 3. The van der Waals surface area contributed by atoms with Crippen molar-refractivity contribution in [3.63, 3.8) is 0 Å². The molecule has 4 nitrogen and oxygen atoms in total. The summed E-state index contributed by atoms with van der Waals surface area (Å²) >= 11 is 1.68. The SMILES string of the molecule is COc1ccc(C(NN)c2sc(C)nc2C)c(C)c1. The Hall–Kier alpha value is -1.43. The predicted octanol–water partition coefficient (Wildman–Crippen LogP) is 2.63. The van der Waals surface area contributed by atoms with Gasteiger partial charge in [0.1, 0.15) is 5.75 Å². The third-order valence-corrected chi connectivity index (χ3v) is 4.29. The van der Waals surface area contributed by atoms with E-state index in [1.807, 2.05) is 32.0 Å². The molecule has 1 atom stereocenters. The topological polar surface area (TPSA) is 60.2 Å². The average Bonchev–Trinajstić information content (AvgIpc) is 2.71. The van der Waals surface area contributed by atoms with Crippen LogP contribution in [0.2, 0.25) is 0 Å². The fraction of sp³-hybridized carbons (Fsp3) is 0.357. The summed E-state index contributed by atoms with van der Waals surface area (Å²) in [4.78, 5) is 5.63. The maximum absolute atomic E-state index is 5.75. The monoisotopic (exact) mass is 277 g/mol. The van der Waals surface area contributed by atoms with Crippen molar-refractivity contribution in [3.05, 3.63) is 44.9 Å². The first-order chi connectivity index (χ1) is 9.06. The smallest absolute Gasteiger partial charge is 0.119 e. The molecule has 2 aromatic rings. The summed E-state index contributed by atoms with van der Waals surface area (Å²) < 4.78 is 5.24. The molecule has 0 bridgehead atoms. The van der Waals surface area contributed by atoms with E-state index in [0.717, 1.165) is 32.5 Å². The molecule has 1 aromatic heterocycles. The van der Waals surface area contributed by atoms with Crippen molar-refractivity contribution >= 4 is 11.3 Å². The van der Waals surface area contributed by atoms with Gasteiger partial charge in [0.15, 0.2) is 0 Å².